The van der Waals surface area contributed by atoms with Crippen LogP contribution in [0.4, 0.5) is 14.5 Å². The number of aromatic nitrogens is 2. The van der Waals surface area contributed by atoms with Crippen molar-refractivity contribution < 1.29 is 23.1 Å². The van der Waals surface area contributed by atoms with E-state index in [1.165, 1.54) is 11.1 Å². The molecular weight excluding hydrogens is 434 g/mol. The maximum Gasteiger partial charge on any atom is 0.387 e. The number of nitrogens with zero attached hydrogens (tertiary/aromatic N) is 4. The number of rotatable bonds is 5. The van der Waals surface area contributed by atoms with Crippen molar-refractivity contribution in [1.29, 1.82) is 0 Å². The first-order valence-corrected chi connectivity index (χ1v) is 8.90. The van der Waals surface area contributed by atoms with Crippen LogP contribution in [0.1, 0.15) is 26.5 Å². The van der Waals surface area contributed by atoms with Crippen molar-refractivity contribution in [2.45, 2.75) is 13.5 Å². The number of hydrazine groups is 2. The average molecular weight is 447 g/mol. The smallest absolute Gasteiger partial charge is 0.387 e. The first-order valence-electron chi connectivity index (χ1n) is 7.79. The van der Waals surface area contributed by atoms with Gasteiger partial charge in [0, 0.05) is 7.05 Å². The Kier molecular flexibility index (Phi) is 6.05. The highest BCUT2D eigenvalue weighted by atomic mass is 35.5. The van der Waals surface area contributed by atoms with Gasteiger partial charge in [-0.25, -0.2) is 5.53 Å². The number of anilines is 1. The Bertz CT molecular complexity index is 986. The summed E-state index contributed by atoms with van der Waals surface area (Å²) in [6.45, 7) is -1.62. The Labute approximate surface area is 171 Å². The largest absolute Gasteiger partial charge is 0.433 e. The molecule has 2 aromatic rings. The monoisotopic (exact) mass is 446 g/mol. The van der Waals surface area contributed by atoms with Crippen LogP contribution in [-0.2, 0) is 0 Å². The van der Waals surface area contributed by atoms with Gasteiger partial charge in [-0.15, -0.1) is 10.6 Å². The highest BCUT2D eigenvalue weighted by Crippen LogP contribution is 2.36. The minimum Gasteiger partial charge on any atom is -0.433 e. The zero-order valence-electron chi connectivity index (χ0n) is 14.8. The zero-order chi connectivity index (χ0) is 21.1. The minimum absolute atomic E-state index is 0.0111. The lowest BCUT2D eigenvalue weighted by molar-refractivity contribution is -0.0493. The summed E-state index contributed by atoms with van der Waals surface area (Å²) in [5.41, 5.74) is 4.93. The van der Waals surface area contributed by atoms with E-state index in [0.29, 0.717) is 5.69 Å². The van der Waals surface area contributed by atoms with Crippen LogP contribution < -0.4 is 26.4 Å². The molecule has 0 saturated carbocycles. The fourth-order valence-electron chi connectivity index (χ4n) is 2.22. The quantitative estimate of drug-likeness (QED) is 0.540. The van der Waals surface area contributed by atoms with Gasteiger partial charge in [0.05, 0.1) is 28.0 Å². The standard InChI is InChI=1S/C14H13ClF2N8O3S/c1-5-9(22-29-21-5)12(27)18-10-7(28-13(16)17)4-3-6(8(10)15)11(26)19-14-20-23-24-25(14)2/h3-4,13,23-24H,1-2H3,(H,18,27)(H,19,20,26). The van der Waals surface area contributed by atoms with Gasteiger partial charge in [-0.3, -0.25) is 19.9 Å². The molecule has 0 spiro atoms. The molecule has 0 radical (unpaired) electrons. The first-order chi connectivity index (χ1) is 13.8. The highest BCUT2D eigenvalue weighted by Gasteiger charge is 2.25. The van der Waals surface area contributed by atoms with Crippen molar-refractivity contribution in [2.24, 2.45) is 5.10 Å². The molecule has 1 aliphatic heterocycles. The van der Waals surface area contributed by atoms with Gasteiger partial charge >= 0.3 is 6.61 Å². The number of carbonyl (C=O) groups is 2. The van der Waals surface area contributed by atoms with E-state index in [0.717, 1.165) is 17.8 Å². The molecule has 11 nitrogen and oxygen atoms in total. The normalized spacial score (nSPS) is 13.2. The number of alkyl halides is 2. The lowest BCUT2D eigenvalue weighted by atomic mass is 10.1. The summed E-state index contributed by atoms with van der Waals surface area (Å²) in [6, 6.07) is 2.27. The van der Waals surface area contributed by atoms with Crippen LogP contribution in [0.25, 0.3) is 0 Å². The van der Waals surface area contributed by atoms with Crippen LogP contribution in [0, 0.1) is 6.92 Å². The number of benzene rings is 1. The molecular formula is C14H13ClF2N8O3S. The van der Waals surface area contributed by atoms with Gasteiger partial charge in [-0.2, -0.15) is 17.5 Å². The van der Waals surface area contributed by atoms with Gasteiger partial charge in [0.25, 0.3) is 11.8 Å². The van der Waals surface area contributed by atoms with Gasteiger partial charge in [-0.1, -0.05) is 11.6 Å². The molecule has 29 heavy (non-hydrogen) atoms. The topological polar surface area (TPSA) is 133 Å². The molecule has 0 fully saturated rings. The third-order valence-electron chi connectivity index (χ3n) is 3.59. The minimum atomic E-state index is -3.18. The van der Waals surface area contributed by atoms with E-state index in [4.69, 9.17) is 11.6 Å². The number of amides is 2. The van der Waals surface area contributed by atoms with Crippen molar-refractivity contribution in [3.05, 3.63) is 34.1 Å². The van der Waals surface area contributed by atoms with E-state index in [9.17, 15) is 18.4 Å². The Morgan fingerprint density at radius 2 is 2.03 bits per heavy atom. The second-order valence-corrected chi connectivity index (χ2v) is 6.41. The van der Waals surface area contributed by atoms with Gasteiger partial charge < -0.3 is 10.1 Å². The molecule has 0 bridgehead atoms. The van der Waals surface area contributed by atoms with E-state index in [2.05, 4.69) is 40.3 Å². The van der Waals surface area contributed by atoms with Crippen LogP contribution in [0.5, 0.6) is 5.75 Å². The van der Waals surface area contributed by atoms with Crippen molar-refractivity contribution in [1.82, 2.24) is 30.1 Å². The van der Waals surface area contributed by atoms with Gasteiger partial charge in [0.1, 0.15) is 5.69 Å². The average Bonchev–Trinajstić information content (AvgIpc) is 3.26. The maximum absolute atomic E-state index is 12.8. The molecule has 0 aliphatic carbocycles. The van der Waals surface area contributed by atoms with Crippen molar-refractivity contribution in [3.8, 4) is 5.75 Å². The predicted molar refractivity (Wildman–Crippen MR) is 99.6 cm³/mol. The number of aryl methyl sites for hydroxylation is 1. The second kappa shape index (κ2) is 8.50. The molecule has 15 heteroatoms. The van der Waals surface area contributed by atoms with Crippen molar-refractivity contribution in [3.63, 3.8) is 0 Å². The Hall–Kier alpha value is -3.10. The summed E-state index contributed by atoms with van der Waals surface area (Å²) in [5, 5.41) is 9.67. The van der Waals surface area contributed by atoms with Crippen LogP contribution >= 0.6 is 23.3 Å². The van der Waals surface area contributed by atoms with Crippen molar-refractivity contribution >= 4 is 46.8 Å². The molecule has 1 aliphatic rings. The maximum atomic E-state index is 12.8. The summed E-state index contributed by atoms with van der Waals surface area (Å²) in [4.78, 5) is 25.0. The number of nitrogens with one attached hydrogen (secondary N) is 4. The number of hydrogen-bond donors (Lipinski definition) is 4. The number of ether oxygens (including phenoxy) is 1. The lowest BCUT2D eigenvalue weighted by Crippen LogP contribution is -2.45. The van der Waals surface area contributed by atoms with Crippen LogP contribution in [-0.4, -0.2) is 45.2 Å². The molecule has 2 amide bonds. The molecule has 1 aromatic heterocycles. The summed E-state index contributed by atoms with van der Waals surface area (Å²) < 4.78 is 37.7. The van der Waals surface area contributed by atoms with Crippen molar-refractivity contribution in [2.75, 3.05) is 12.4 Å². The number of hydrazone groups is 1. The molecule has 0 atom stereocenters. The summed E-state index contributed by atoms with van der Waals surface area (Å²) in [6.07, 6.45) is 0. The number of carbonyl (C=O) groups excluding carboxylic acids is 2. The second-order valence-electron chi connectivity index (χ2n) is 5.50. The molecule has 0 unspecified atom stereocenters. The Balaban J connectivity index is 1.93. The summed E-state index contributed by atoms with van der Waals surface area (Å²) >= 11 is 7.05. The van der Waals surface area contributed by atoms with E-state index in [1.54, 1.807) is 14.0 Å². The SMILES string of the molecule is Cc1nsnc1C(=O)Nc1c(OC(F)F)ccc(C(=O)NC2=NNNN2C)c1Cl. The van der Waals surface area contributed by atoms with Crippen LogP contribution in [0.3, 0.4) is 0 Å². The lowest BCUT2D eigenvalue weighted by Gasteiger charge is -2.17. The summed E-state index contributed by atoms with van der Waals surface area (Å²) in [5.74, 6) is -1.73. The van der Waals surface area contributed by atoms with Crippen LogP contribution in [0.2, 0.25) is 5.02 Å². The first kappa shape index (κ1) is 20.6. The predicted octanol–water partition coefficient (Wildman–Crippen LogP) is 1.31. The van der Waals surface area contributed by atoms with E-state index < -0.39 is 24.2 Å². The zero-order valence-corrected chi connectivity index (χ0v) is 16.4. The van der Waals surface area contributed by atoms with Crippen LogP contribution in [0.15, 0.2) is 17.2 Å². The van der Waals surface area contributed by atoms with Gasteiger partial charge in [-0.05, 0) is 19.1 Å². The summed E-state index contributed by atoms with van der Waals surface area (Å²) in [7, 11) is 1.58. The third kappa shape index (κ3) is 4.49. The highest BCUT2D eigenvalue weighted by molar-refractivity contribution is 6.99. The number of guanidine groups is 1. The van der Waals surface area contributed by atoms with E-state index >= 15 is 0 Å². The molecule has 4 N–H and O–H groups in total. The van der Waals surface area contributed by atoms with Gasteiger partial charge in [0.15, 0.2) is 11.4 Å². The van der Waals surface area contributed by atoms with E-state index in [1.807, 2.05) is 0 Å². The van der Waals surface area contributed by atoms with E-state index in [-0.39, 0.29) is 27.9 Å². The Morgan fingerprint density at radius 3 is 2.62 bits per heavy atom. The third-order valence-corrected chi connectivity index (χ3v) is 4.61. The fourth-order valence-corrected chi connectivity index (χ4v) is 3.05. The molecule has 3 rings (SSSR count). The molecule has 0 saturated heterocycles. The molecule has 154 valence electrons. The van der Waals surface area contributed by atoms with Gasteiger partial charge in [0.2, 0.25) is 5.96 Å². The number of hydrogen-bond acceptors (Lipinski definition) is 10. The number of halogens is 3. The Morgan fingerprint density at radius 1 is 1.28 bits per heavy atom. The molecule has 2 heterocycles. The fraction of sp³-hybridized carbons (Fsp3) is 0.214. The molecule has 1 aromatic carbocycles.